The Morgan fingerprint density at radius 3 is 2.54 bits per heavy atom. The van der Waals surface area contributed by atoms with E-state index in [-0.39, 0.29) is 40.5 Å². The molecular formula is C31H45NO5. The first-order chi connectivity index (χ1) is 17.3. The SMILES string of the molecule is CC(=O)NC[C@H](C)C[C@@H]1C(=O)C(C)=C2[C@]1(O)C[C@H]1[C@@H]3CC=C4C[C@@H](OC(C)=O)CC[C@]4(C)[C@@H]3CC[C@]21C. The smallest absolute Gasteiger partial charge is 0.302 e. The van der Waals surface area contributed by atoms with Gasteiger partial charge < -0.3 is 15.2 Å². The molecule has 5 rings (SSSR count). The minimum atomic E-state index is -1.07. The van der Waals surface area contributed by atoms with Crippen molar-refractivity contribution in [2.45, 2.75) is 105 Å². The van der Waals surface area contributed by atoms with Gasteiger partial charge in [-0.25, -0.2) is 0 Å². The monoisotopic (exact) mass is 511 g/mol. The van der Waals surface area contributed by atoms with Crippen molar-refractivity contribution in [2.24, 2.45) is 40.4 Å². The highest BCUT2D eigenvalue weighted by Gasteiger charge is 2.68. The van der Waals surface area contributed by atoms with Crippen LogP contribution < -0.4 is 5.32 Å². The molecule has 2 N–H and O–H groups in total. The van der Waals surface area contributed by atoms with Crippen LogP contribution in [0.2, 0.25) is 0 Å². The summed E-state index contributed by atoms with van der Waals surface area (Å²) in [5, 5.41) is 15.2. The number of ketones is 1. The summed E-state index contributed by atoms with van der Waals surface area (Å²) in [7, 11) is 0. The minimum Gasteiger partial charge on any atom is -0.462 e. The minimum absolute atomic E-state index is 0.00663. The van der Waals surface area contributed by atoms with E-state index in [1.54, 1.807) is 0 Å². The summed E-state index contributed by atoms with van der Waals surface area (Å²) in [6, 6.07) is 0. The largest absolute Gasteiger partial charge is 0.462 e. The summed E-state index contributed by atoms with van der Waals surface area (Å²) in [5.41, 5.74) is 2.18. The quantitative estimate of drug-likeness (QED) is 0.405. The molecule has 0 heterocycles. The molecule has 0 unspecified atom stereocenters. The lowest BCUT2D eigenvalue weighted by Crippen LogP contribution is -2.49. The zero-order valence-electron chi connectivity index (χ0n) is 23.5. The molecule has 9 atom stereocenters. The molecule has 1 amide bonds. The van der Waals surface area contributed by atoms with Crippen molar-refractivity contribution in [1.29, 1.82) is 0 Å². The molecule has 0 aromatic rings. The summed E-state index contributed by atoms with van der Waals surface area (Å²) in [4.78, 5) is 36.5. The molecular weight excluding hydrogens is 466 g/mol. The zero-order valence-corrected chi connectivity index (χ0v) is 23.5. The molecule has 6 nitrogen and oxygen atoms in total. The standard InChI is InChI=1S/C31H45NO5/c1-17(16-32-19(3)33)13-25-27(35)18(2)28-30(6)12-10-24-23(26(30)15-31(25,28)36)8-7-21-14-22(37-20(4)34)9-11-29(21,24)5/h7,17,22-26,36H,8-16H2,1-6H3,(H,32,33)/t17-,22+,23-,24-,25-,26+,29+,30+,31+/m1/s1. The molecule has 6 heteroatoms. The molecule has 37 heavy (non-hydrogen) atoms. The van der Waals surface area contributed by atoms with E-state index in [1.165, 1.54) is 19.4 Å². The van der Waals surface area contributed by atoms with Gasteiger partial charge in [-0.1, -0.05) is 32.4 Å². The predicted octanol–water partition coefficient (Wildman–Crippen LogP) is 4.90. The van der Waals surface area contributed by atoms with E-state index in [0.29, 0.717) is 37.1 Å². The molecule has 3 saturated carbocycles. The zero-order chi connectivity index (χ0) is 26.9. The third-order valence-corrected chi connectivity index (χ3v) is 11.3. The maximum Gasteiger partial charge on any atom is 0.302 e. The van der Waals surface area contributed by atoms with Crippen molar-refractivity contribution in [2.75, 3.05) is 6.54 Å². The molecule has 0 aromatic carbocycles. The first kappa shape index (κ1) is 26.6. The summed E-state index contributed by atoms with van der Waals surface area (Å²) in [6.45, 7) is 12.3. The third-order valence-electron chi connectivity index (χ3n) is 11.3. The van der Waals surface area contributed by atoms with Crippen LogP contribution in [-0.4, -0.2) is 41.0 Å². The summed E-state index contributed by atoms with van der Waals surface area (Å²) in [6.07, 6.45) is 9.58. The first-order valence-electron chi connectivity index (χ1n) is 14.4. The maximum absolute atomic E-state index is 13.5. The average Bonchev–Trinajstić information content (AvgIpc) is 3.17. The second kappa shape index (κ2) is 9.07. The van der Waals surface area contributed by atoms with Crippen LogP contribution in [0.1, 0.15) is 92.9 Å². The van der Waals surface area contributed by atoms with Gasteiger partial charge in [-0.15, -0.1) is 0 Å². The van der Waals surface area contributed by atoms with Gasteiger partial charge in [0.2, 0.25) is 5.91 Å². The Bertz CT molecular complexity index is 1080. The lowest BCUT2D eigenvalue weighted by Gasteiger charge is -2.57. The fourth-order valence-electron chi connectivity index (χ4n) is 9.68. The number of aliphatic hydroxyl groups is 1. The van der Waals surface area contributed by atoms with Crippen LogP contribution in [0.3, 0.4) is 0 Å². The van der Waals surface area contributed by atoms with Crippen LogP contribution in [-0.2, 0) is 19.1 Å². The van der Waals surface area contributed by atoms with E-state index < -0.39 is 11.5 Å². The predicted molar refractivity (Wildman–Crippen MR) is 141 cm³/mol. The molecule has 0 aliphatic heterocycles. The molecule has 3 fully saturated rings. The highest BCUT2D eigenvalue weighted by atomic mass is 16.5. The van der Waals surface area contributed by atoms with Gasteiger partial charge in [-0.05, 0) is 97.5 Å². The fraction of sp³-hybridized carbons (Fsp3) is 0.774. The Hall–Kier alpha value is -1.95. The Morgan fingerprint density at radius 2 is 1.86 bits per heavy atom. The number of fused-ring (bicyclic) bond motifs is 7. The highest BCUT2D eigenvalue weighted by molar-refractivity contribution is 6.02. The Balaban J connectivity index is 1.42. The van der Waals surface area contributed by atoms with Crippen LogP contribution >= 0.6 is 0 Å². The number of hydrogen-bond acceptors (Lipinski definition) is 5. The fourth-order valence-corrected chi connectivity index (χ4v) is 9.68. The number of amides is 1. The van der Waals surface area contributed by atoms with Crippen LogP contribution in [0.25, 0.3) is 0 Å². The number of ether oxygens (including phenoxy) is 1. The molecule has 0 radical (unpaired) electrons. The maximum atomic E-state index is 13.5. The van der Waals surface area contributed by atoms with Crippen molar-refractivity contribution in [3.8, 4) is 0 Å². The average molecular weight is 512 g/mol. The molecule has 5 aliphatic carbocycles. The van der Waals surface area contributed by atoms with Crippen LogP contribution in [0.4, 0.5) is 0 Å². The van der Waals surface area contributed by atoms with Crippen LogP contribution in [0.15, 0.2) is 22.8 Å². The van der Waals surface area contributed by atoms with Crippen LogP contribution in [0.5, 0.6) is 0 Å². The number of hydrogen-bond donors (Lipinski definition) is 2. The second-order valence-electron chi connectivity index (χ2n) is 13.5. The van der Waals surface area contributed by atoms with E-state index in [2.05, 4.69) is 32.2 Å². The van der Waals surface area contributed by atoms with Crippen LogP contribution in [0, 0.1) is 40.4 Å². The van der Waals surface area contributed by atoms with Gasteiger partial charge >= 0.3 is 5.97 Å². The molecule has 0 saturated heterocycles. The lowest BCUT2D eigenvalue weighted by atomic mass is 9.47. The number of allylic oxidation sites excluding steroid dienone is 2. The van der Waals surface area contributed by atoms with Crippen molar-refractivity contribution in [3.05, 3.63) is 22.8 Å². The Morgan fingerprint density at radius 1 is 1.16 bits per heavy atom. The first-order valence-corrected chi connectivity index (χ1v) is 14.4. The normalized spacial score (nSPS) is 43.3. The number of nitrogens with one attached hydrogen (secondary N) is 1. The topological polar surface area (TPSA) is 92.7 Å². The van der Waals surface area contributed by atoms with Crippen molar-refractivity contribution in [1.82, 2.24) is 5.32 Å². The van der Waals surface area contributed by atoms with Crippen molar-refractivity contribution < 1.29 is 24.2 Å². The summed E-state index contributed by atoms with van der Waals surface area (Å²) in [5.74, 6) is 0.935. The van der Waals surface area contributed by atoms with Gasteiger partial charge in [0.05, 0.1) is 11.5 Å². The lowest BCUT2D eigenvalue weighted by molar-refractivity contribution is -0.148. The van der Waals surface area contributed by atoms with E-state index in [4.69, 9.17) is 4.74 Å². The van der Waals surface area contributed by atoms with Crippen molar-refractivity contribution >= 4 is 17.7 Å². The number of Topliss-reactive ketones (excluding diaryl/α,β-unsaturated/α-hetero) is 1. The van der Waals surface area contributed by atoms with E-state index in [0.717, 1.165) is 49.7 Å². The van der Waals surface area contributed by atoms with Gasteiger partial charge in [0.1, 0.15) is 6.10 Å². The summed E-state index contributed by atoms with van der Waals surface area (Å²) < 4.78 is 5.59. The second-order valence-corrected chi connectivity index (χ2v) is 13.5. The van der Waals surface area contributed by atoms with Gasteiger partial charge in [0.25, 0.3) is 0 Å². The third kappa shape index (κ3) is 4.04. The molecule has 0 aromatic heterocycles. The number of carbonyl (C=O) groups is 3. The van der Waals surface area contributed by atoms with E-state index >= 15 is 0 Å². The Kier molecular flexibility index (Phi) is 6.53. The van der Waals surface area contributed by atoms with Crippen molar-refractivity contribution in [3.63, 3.8) is 0 Å². The number of carbonyl (C=O) groups excluding carboxylic acids is 3. The number of esters is 1. The Labute approximate surface area is 221 Å². The van der Waals surface area contributed by atoms with E-state index in [9.17, 15) is 19.5 Å². The molecule has 0 bridgehead atoms. The van der Waals surface area contributed by atoms with Gasteiger partial charge in [0.15, 0.2) is 5.78 Å². The van der Waals surface area contributed by atoms with Gasteiger partial charge in [-0.2, -0.15) is 0 Å². The molecule has 5 aliphatic rings. The number of rotatable bonds is 5. The van der Waals surface area contributed by atoms with Gasteiger partial charge in [0, 0.05) is 26.8 Å². The molecule has 0 spiro atoms. The highest BCUT2D eigenvalue weighted by Crippen LogP contribution is 2.71. The molecule has 204 valence electrons. The van der Waals surface area contributed by atoms with Gasteiger partial charge in [-0.3, -0.25) is 14.4 Å². The van der Waals surface area contributed by atoms with E-state index in [1.807, 2.05) is 6.92 Å². The summed E-state index contributed by atoms with van der Waals surface area (Å²) >= 11 is 0.